The Kier molecular flexibility index (Phi) is 6.86. The lowest BCUT2D eigenvalue weighted by atomic mass is 10.1. The van der Waals surface area contributed by atoms with Crippen molar-refractivity contribution in [3.63, 3.8) is 0 Å². The van der Waals surface area contributed by atoms with E-state index in [0.717, 1.165) is 30.8 Å². The van der Waals surface area contributed by atoms with E-state index < -0.39 is 23.8 Å². The monoisotopic (exact) mass is 540 g/mol. The molecule has 0 aromatic carbocycles. The molecule has 2 aromatic rings. The summed E-state index contributed by atoms with van der Waals surface area (Å²) in [7, 11) is 0. The molecule has 4 rings (SSSR count). The Bertz CT molecular complexity index is 1130. The van der Waals surface area contributed by atoms with Crippen LogP contribution in [0.5, 0.6) is 0 Å². The summed E-state index contributed by atoms with van der Waals surface area (Å²) < 4.78 is 46.3. The SMILES string of the molecule is C=C1CCCN1C(=O)c1c(Br)c(C(=O)N[C@H](CC)c2ccc(C(F)(F)F)nc2)c2n1CCOC2. The quantitative estimate of drug-likeness (QED) is 0.589. The van der Waals surface area contributed by atoms with Crippen LogP contribution in [0, 0.1) is 0 Å². The van der Waals surface area contributed by atoms with Crippen molar-refractivity contribution in [2.24, 2.45) is 0 Å². The lowest BCUT2D eigenvalue weighted by Gasteiger charge is -2.22. The summed E-state index contributed by atoms with van der Waals surface area (Å²) in [5.41, 5.74) is 1.43. The van der Waals surface area contributed by atoms with E-state index >= 15 is 0 Å². The van der Waals surface area contributed by atoms with Gasteiger partial charge in [-0.15, -0.1) is 0 Å². The van der Waals surface area contributed by atoms with Gasteiger partial charge in [0.2, 0.25) is 0 Å². The average Bonchev–Trinajstić information content (AvgIpc) is 3.36. The van der Waals surface area contributed by atoms with Gasteiger partial charge < -0.3 is 19.5 Å². The van der Waals surface area contributed by atoms with Gasteiger partial charge in [0, 0.05) is 25.0 Å². The fourth-order valence-electron chi connectivity index (χ4n) is 4.33. The number of nitrogens with zero attached hydrogens (tertiary/aromatic N) is 3. The predicted octanol–water partition coefficient (Wildman–Crippen LogP) is 4.83. The first-order valence-electron chi connectivity index (χ1n) is 11.0. The molecular weight excluding hydrogens is 517 g/mol. The molecular formula is C23H24BrF3N4O3. The third-order valence-electron chi connectivity index (χ3n) is 6.11. The van der Waals surface area contributed by atoms with E-state index in [4.69, 9.17) is 4.74 Å². The Morgan fingerprint density at radius 1 is 1.32 bits per heavy atom. The molecule has 7 nitrogen and oxygen atoms in total. The van der Waals surface area contributed by atoms with Gasteiger partial charge in [-0.05, 0) is 46.8 Å². The molecule has 1 N–H and O–H groups in total. The van der Waals surface area contributed by atoms with Crippen molar-refractivity contribution in [2.45, 2.75) is 51.6 Å². The van der Waals surface area contributed by atoms with Crippen LogP contribution in [0.1, 0.15) is 70.0 Å². The number of alkyl halides is 3. The van der Waals surface area contributed by atoms with Crippen molar-refractivity contribution in [3.05, 3.63) is 63.3 Å². The highest BCUT2D eigenvalue weighted by Crippen LogP contribution is 2.35. The predicted molar refractivity (Wildman–Crippen MR) is 121 cm³/mol. The van der Waals surface area contributed by atoms with Crippen molar-refractivity contribution < 1.29 is 27.5 Å². The maximum absolute atomic E-state index is 13.4. The minimum absolute atomic E-state index is 0.161. The maximum Gasteiger partial charge on any atom is 0.433 e. The summed E-state index contributed by atoms with van der Waals surface area (Å²) in [6.07, 6.45) is -1.40. The summed E-state index contributed by atoms with van der Waals surface area (Å²) in [6, 6.07) is 1.64. The van der Waals surface area contributed by atoms with Crippen LogP contribution in [0.25, 0.3) is 0 Å². The zero-order valence-corrected chi connectivity index (χ0v) is 20.1. The van der Waals surface area contributed by atoms with Crippen molar-refractivity contribution in [1.82, 2.24) is 19.8 Å². The Balaban J connectivity index is 1.64. The number of allylic oxidation sites excluding steroid dienone is 1. The highest BCUT2D eigenvalue weighted by molar-refractivity contribution is 9.10. The first-order valence-corrected chi connectivity index (χ1v) is 11.7. The number of aromatic nitrogens is 2. The second-order valence-electron chi connectivity index (χ2n) is 8.22. The van der Waals surface area contributed by atoms with Crippen molar-refractivity contribution in [2.75, 3.05) is 13.2 Å². The third kappa shape index (κ3) is 4.50. The van der Waals surface area contributed by atoms with Crippen LogP contribution in [0.2, 0.25) is 0 Å². The highest BCUT2D eigenvalue weighted by Gasteiger charge is 2.35. The van der Waals surface area contributed by atoms with Gasteiger partial charge in [0.1, 0.15) is 11.4 Å². The number of carbonyl (C=O) groups is 2. The number of rotatable bonds is 5. The van der Waals surface area contributed by atoms with Crippen LogP contribution in [-0.4, -0.2) is 39.4 Å². The van der Waals surface area contributed by atoms with Gasteiger partial charge in [0.25, 0.3) is 11.8 Å². The number of halogens is 4. The number of hydrogen-bond acceptors (Lipinski definition) is 4. The molecule has 1 saturated heterocycles. The Hall–Kier alpha value is -2.66. The zero-order chi connectivity index (χ0) is 24.6. The lowest BCUT2D eigenvalue weighted by Crippen LogP contribution is -2.30. The highest BCUT2D eigenvalue weighted by atomic mass is 79.9. The van der Waals surface area contributed by atoms with Crippen LogP contribution >= 0.6 is 15.9 Å². The molecule has 182 valence electrons. The molecule has 2 aliphatic heterocycles. The summed E-state index contributed by atoms with van der Waals surface area (Å²) in [5.74, 6) is -0.678. The molecule has 0 radical (unpaired) electrons. The van der Waals surface area contributed by atoms with Crippen LogP contribution in [-0.2, 0) is 24.1 Å². The van der Waals surface area contributed by atoms with E-state index in [1.165, 1.54) is 6.07 Å². The molecule has 1 fully saturated rings. The standard InChI is InChI=1S/C23H24BrF3N4O3/c1-3-15(14-6-7-17(28-11-14)23(25,26)27)29-21(32)18-16-12-34-10-9-31(16)20(19(18)24)22(33)30-8-4-5-13(30)2/h6-7,11,15H,2-5,8-10,12H2,1H3,(H,29,32)/t15-/m1/s1. The molecule has 2 amide bonds. The summed E-state index contributed by atoms with van der Waals surface area (Å²) in [5, 5.41) is 2.88. The van der Waals surface area contributed by atoms with E-state index in [9.17, 15) is 22.8 Å². The second kappa shape index (κ2) is 9.53. The molecule has 0 bridgehead atoms. The molecule has 0 spiro atoms. The number of ether oxygens (including phenoxy) is 1. The van der Waals surface area contributed by atoms with Crippen LogP contribution in [0.15, 0.2) is 35.1 Å². The topological polar surface area (TPSA) is 76.5 Å². The number of pyridine rings is 1. The molecule has 0 aliphatic carbocycles. The maximum atomic E-state index is 13.4. The molecule has 0 unspecified atom stereocenters. The van der Waals surface area contributed by atoms with Crippen molar-refractivity contribution >= 4 is 27.7 Å². The molecule has 34 heavy (non-hydrogen) atoms. The lowest BCUT2D eigenvalue weighted by molar-refractivity contribution is -0.141. The smallest absolute Gasteiger partial charge is 0.373 e. The van der Waals surface area contributed by atoms with Gasteiger partial charge in [0.15, 0.2) is 0 Å². The van der Waals surface area contributed by atoms with Crippen LogP contribution < -0.4 is 5.32 Å². The fourth-order valence-corrected chi connectivity index (χ4v) is 5.13. The minimum Gasteiger partial charge on any atom is -0.373 e. The number of carbonyl (C=O) groups excluding carboxylic acids is 2. The first kappa shape index (κ1) is 24.5. The Morgan fingerprint density at radius 3 is 2.68 bits per heavy atom. The van der Waals surface area contributed by atoms with E-state index in [1.807, 2.05) is 6.92 Å². The van der Waals surface area contributed by atoms with E-state index in [1.54, 1.807) is 9.47 Å². The number of amides is 2. The Labute approximate surface area is 203 Å². The normalized spacial score (nSPS) is 17.0. The minimum atomic E-state index is -4.54. The largest absolute Gasteiger partial charge is 0.433 e. The molecule has 2 aromatic heterocycles. The van der Waals surface area contributed by atoms with Gasteiger partial charge in [-0.2, -0.15) is 13.2 Å². The molecule has 0 saturated carbocycles. The number of hydrogen-bond donors (Lipinski definition) is 1. The molecule has 1 atom stereocenters. The fraction of sp³-hybridized carbons (Fsp3) is 0.435. The average molecular weight is 541 g/mol. The van der Waals surface area contributed by atoms with Crippen molar-refractivity contribution in [3.8, 4) is 0 Å². The first-order chi connectivity index (χ1) is 16.1. The molecule has 11 heteroatoms. The van der Waals surface area contributed by atoms with Gasteiger partial charge >= 0.3 is 6.18 Å². The number of likely N-dealkylation sites (tertiary alicyclic amines) is 1. The van der Waals surface area contributed by atoms with E-state index in [0.29, 0.717) is 47.5 Å². The van der Waals surface area contributed by atoms with Crippen LogP contribution in [0.4, 0.5) is 13.2 Å². The molecule has 2 aliphatic rings. The van der Waals surface area contributed by atoms with Crippen LogP contribution in [0.3, 0.4) is 0 Å². The van der Waals surface area contributed by atoms with E-state index in [-0.39, 0.29) is 18.1 Å². The Morgan fingerprint density at radius 2 is 2.09 bits per heavy atom. The van der Waals surface area contributed by atoms with E-state index in [2.05, 4.69) is 32.8 Å². The summed E-state index contributed by atoms with van der Waals surface area (Å²) in [4.78, 5) is 31.8. The van der Waals surface area contributed by atoms with Gasteiger partial charge in [0.05, 0.1) is 35.0 Å². The zero-order valence-electron chi connectivity index (χ0n) is 18.5. The van der Waals surface area contributed by atoms with Gasteiger partial charge in [-0.3, -0.25) is 14.6 Å². The summed E-state index contributed by atoms with van der Waals surface area (Å²) in [6.45, 7) is 7.34. The second-order valence-corrected chi connectivity index (χ2v) is 9.02. The van der Waals surface area contributed by atoms with Gasteiger partial charge in [-0.25, -0.2) is 0 Å². The molecule has 4 heterocycles. The van der Waals surface area contributed by atoms with Crippen molar-refractivity contribution in [1.29, 1.82) is 0 Å². The third-order valence-corrected chi connectivity index (χ3v) is 6.88. The number of fused-ring (bicyclic) bond motifs is 1. The summed E-state index contributed by atoms with van der Waals surface area (Å²) >= 11 is 3.48. The number of nitrogens with one attached hydrogen (secondary N) is 1. The van der Waals surface area contributed by atoms with Gasteiger partial charge in [-0.1, -0.05) is 19.6 Å².